The molecule has 4 nitrogen and oxygen atoms in total. The molecule has 1 aliphatic rings. The Balaban J connectivity index is 1.85. The fraction of sp³-hybridized carbons (Fsp3) is 0.609. The van der Waals surface area contributed by atoms with Crippen LogP contribution in [-0.2, 0) is 0 Å². The fourth-order valence-corrected chi connectivity index (χ4v) is 4.75. The third kappa shape index (κ3) is 4.73. The molecule has 2 heterocycles. The van der Waals surface area contributed by atoms with Crippen molar-refractivity contribution in [2.75, 3.05) is 37.6 Å². The van der Waals surface area contributed by atoms with Crippen molar-refractivity contribution >= 4 is 16.6 Å². The first-order chi connectivity index (χ1) is 13.0. The Labute approximate surface area is 163 Å². The molecule has 1 aromatic heterocycles. The number of nitrogens with zero attached hydrogens (tertiary/aromatic N) is 2. The summed E-state index contributed by atoms with van der Waals surface area (Å²) in [5, 5.41) is 1.17. The average molecular weight is 370 g/mol. The van der Waals surface area contributed by atoms with Crippen LogP contribution in [0.15, 0.2) is 29.1 Å². The number of aromatic nitrogens is 1. The van der Waals surface area contributed by atoms with Crippen molar-refractivity contribution in [3.8, 4) is 0 Å². The Morgan fingerprint density at radius 1 is 1.11 bits per heavy atom. The van der Waals surface area contributed by atoms with Crippen LogP contribution in [-0.4, -0.2) is 42.6 Å². The number of fused-ring (bicyclic) bond motifs is 1. The van der Waals surface area contributed by atoms with Crippen molar-refractivity contribution in [1.29, 1.82) is 0 Å². The molecular weight excluding hydrogens is 334 g/mol. The number of hydrogen-bond acceptors (Lipinski definition) is 3. The van der Waals surface area contributed by atoms with Crippen molar-refractivity contribution < 1.29 is 0 Å². The topological polar surface area (TPSA) is 39.3 Å². The highest BCUT2D eigenvalue weighted by Crippen LogP contribution is 2.32. The highest BCUT2D eigenvalue weighted by molar-refractivity contribution is 5.93. The largest absolute Gasteiger partial charge is 0.370 e. The van der Waals surface area contributed by atoms with Crippen molar-refractivity contribution in [3.05, 3.63) is 40.2 Å². The van der Waals surface area contributed by atoms with Gasteiger partial charge in [-0.15, -0.1) is 0 Å². The molecule has 1 fully saturated rings. The van der Waals surface area contributed by atoms with Crippen LogP contribution in [0, 0.1) is 18.8 Å². The first-order valence-electron chi connectivity index (χ1n) is 10.6. The van der Waals surface area contributed by atoms with E-state index >= 15 is 0 Å². The smallest absolute Gasteiger partial charge is 0.248 e. The zero-order chi connectivity index (χ0) is 19.4. The van der Waals surface area contributed by atoms with Crippen LogP contribution in [0.5, 0.6) is 0 Å². The number of aryl methyl sites for hydroxylation is 1. The number of piperidine rings is 1. The van der Waals surface area contributed by atoms with Gasteiger partial charge in [0.1, 0.15) is 0 Å². The quantitative estimate of drug-likeness (QED) is 0.785. The number of aromatic amines is 1. The minimum absolute atomic E-state index is 0.0255. The number of rotatable bonds is 7. The van der Waals surface area contributed by atoms with E-state index in [4.69, 9.17) is 0 Å². The maximum atomic E-state index is 11.8. The van der Waals surface area contributed by atoms with Gasteiger partial charge < -0.3 is 14.8 Å². The van der Waals surface area contributed by atoms with Gasteiger partial charge in [-0.1, -0.05) is 26.8 Å². The maximum Gasteiger partial charge on any atom is 0.248 e. The molecule has 3 rings (SSSR count). The lowest BCUT2D eigenvalue weighted by Crippen LogP contribution is -2.44. The number of H-pyrrole nitrogens is 1. The van der Waals surface area contributed by atoms with Gasteiger partial charge in [0.15, 0.2) is 0 Å². The molecule has 0 aliphatic carbocycles. The first kappa shape index (κ1) is 19.9. The van der Waals surface area contributed by atoms with Crippen molar-refractivity contribution in [1.82, 2.24) is 9.88 Å². The van der Waals surface area contributed by atoms with E-state index in [9.17, 15) is 4.79 Å². The van der Waals surface area contributed by atoms with E-state index in [1.54, 1.807) is 6.07 Å². The van der Waals surface area contributed by atoms with Crippen LogP contribution in [0.1, 0.15) is 45.6 Å². The Morgan fingerprint density at radius 3 is 2.56 bits per heavy atom. The van der Waals surface area contributed by atoms with Gasteiger partial charge in [0.2, 0.25) is 5.56 Å². The lowest BCUT2D eigenvalue weighted by atomic mass is 9.89. The van der Waals surface area contributed by atoms with Gasteiger partial charge >= 0.3 is 0 Å². The Kier molecular flexibility index (Phi) is 6.59. The molecule has 148 valence electrons. The van der Waals surface area contributed by atoms with Gasteiger partial charge in [0.05, 0.1) is 5.52 Å². The summed E-state index contributed by atoms with van der Waals surface area (Å²) in [6.45, 7) is 14.8. The molecule has 0 amide bonds. The van der Waals surface area contributed by atoms with Crippen LogP contribution >= 0.6 is 0 Å². The van der Waals surface area contributed by atoms with Gasteiger partial charge in [-0.05, 0) is 68.8 Å². The molecule has 2 unspecified atom stereocenters. The summed E-state index contributed by atoms with van der Waals surface area (Å²) >= 11 is 0. The first-order valence-corrected chi connectivity index (χ1v) is 10.6. The van der Waals surface area contributed by atoms with Crippen LogP contribution in [0.2, 0.25) is 0 Å². The second-order valence-electron chi connectivity index (χ2n) is 8.43. The van der Waals surface area contributed by atoms with Crippen LogP contribution < -0.4 is 10.5 Å². The van der Waals surface area contributed by atoms with Crippen molar-refractivity contribution in [3.63, 3.8) is 0 Å². The minimum Gasteiger partial charge on any atom is -0.370 e. The average Bonchev–Trinajstić information content (AvgIpc) is 2.62. The normalized spacial score (nSPS) is 20.6. The molecule has 0 saturated carbocycles. The summed E-state index contributed by atoms with van der Waals surface area (Å²) in [5.74, 6) is 1.39. The Hall–Kier alpha value is -1.81. The lowest BCUT2D eigenvalue weighted by Gasteiger charge is -2.40. The highest BCUT2D eigenvalue weighted by atomic mass is 16.1. The molecule has 0 radical (unpaired) electrons. The second-order valence-corrected chi connectivity index (χ2v) is 8.43. The molecule has 27 heavy (non-hydrogen) atoms. The monoisotopic (exact) mass is 369 g/mol. The van der Waals surface area contributed by atoms with Gasteiger partial charge in [-0.3, -0.25) is 4.79 Å². The Morgan fingerprint density at radius 2 is 1.85 bits per heavy atom. The second kappa shape index (κ2) is 8.92. The fourth-order valence-electron chi connectivity index (χ4n) is 4.75. The van der Waals surface area contributed by atoms with E-state index in [-0.39, 0.29) is 5.56 Å². The summed E-state index contributed by atoms with van der Waals surface area (Å²) in [4.78, 5) is 20.0. The predicted octanol–water partition coefficient (Wildman–Crippen LogP) is 4.42. The molecule has 1 N–H and O–H groups in total. The number of nitrogens with one attached hydrogen (secondary N) is 1. The van der Waals surface area contributed by atoms with Crippen LogP contribution in [0.3, 0.4) is 0 Å². The van der Waals surface area contributed by atoms with Gasteiger partial charge in [-0.2, -0.15) is 0 Å². The summed E-state index contributed by atoms with van der Waals surface area (Å²) in [6.07, 6.45) is 3.75. The number of pyridine rings is 1. The van der Waals surface area contributed by atoms with E-state index < -0.39 is 0 Å². The molecule has 2 atom stereocenters. The minimum atomic E-state index is -0.0255. The lowest BCUT2D eigenvalue weighted by molar-refractivity contribution is 0.200. The molecule has 1 aliphatic heterocycles. The van der Waals surface area contributed by atoms with Crippen molar-refractivity contribution in [2.45, 2.75) is 47.0 Å². The van der Waals surface area contributed by atoms with E-state index in [1.165, 1.54) is 50.0 Å². The van der Waals surface area contributed by atoms with Gasteiger partial charge in [-0.25, -0.2) is 0 Å². The molecule has 1 saturated heterocycles. The molecular formula is C23H35N3O. The van der Waals surface area contributed by atoms with Crippen molar-refractivity contribution in [2.24, 2.45) is 11.8 Å². The maximum absolute atomic E-state index is 11.8. The van der Waals surface area contributed by atoms with E-state index in [2.05, 4.69) is 54.6 Å². The van der Waals surface area contributed by atoms with E-state index in [1.807, 2.05) is 6.07 Å². The van der Waals surface area contributed by atoms with Crippen LogP contribution in [0.4, 0.5) is 5.69 Å². The Bertz CT molecular complexity index is 807. The summed E-state index contributed by atoms with van der Waals surface area (Å²) < 4.78 is 0. The van der Waals surface area contributed by atoms with E-state index in [0.717, 1.165) is 24.2 Å². The van der Waals surface area contributed by atoms with Gasteiger partial charge in [0.25, 0.3) is 0 Å². The SMILES string of the molecule is CCCN(CCC)CC1CC(C)CN(c2ccc(C)c3[nH]c(=O)ccc23)C1. The third-order valence-corrected chi connectivity index (χ3v) is 5.76. The standard InChI is InChI=1S/C23H35N3O/c1-5-11-25(12-6-2)15-19-13-17(3)14-26(16-19)21-9-7-18(4)23-20(21)8-10-22(27)24-23/h7-10,17,19H,5-6,11-16H2,1-4H3,(H,24,27). The molecule has 1 aromatic carbocycles. The number of hydrogen-bond donors (Lipinski definition) is 1. The zero-order valence-corrected chi connectivity index (χ0v) is 17.4. The summed E-state index contributed by atoms with van der Waals surface area (Å²) in [7, 11) is 0. The number of anilines is 1. The zero-order valence-electron chi connectivity index (χ0n) is 17.4. The third-order valence-electron chi connectivity index (χ3n) is 5.76. The van der Waals surface area contributed by atoms with E-state index in [0.29, 0.717) is 11.8 Å². The molecule has 0 bridgehead atoms. The molecule has 2 aromatic rings. The van der Waals surface area contributed by atoms with Gasteiger partial charge in [0, 0.05) is 36.8 Å². The number of benzene rings is 1. The summed E-state index contributed by atoms with van der Waals surface area (Å²) in [5.41, 5.74) is 3.35. The highest BCUT2D eigenvalue weighted by Gasteiger charge is 2.27. The molecule has 4 heteroatoms. The molecule has 0 spiro atoms. The predicted molar refractivity (Wildman–Crippen MR) is 116 cm³/mol. The summed E-state index contributed by atoms with van der Waals surface area (Å²) in [6, 6.07) is 8.02. The van der Waals surface area contributed by atoms with Crippen LogP contribution in [0.25, 0.3) is 10.9 Å².